The molecule has 2 aromatic carbocycles. The van der Waals surface area contributed by atoms with Crippen LogP contribution >= 0.6 is 0 Å². The van der Waals surface area contributed by atoms with E-state index >= 15 is 0 Å². The van der Waals surface area contributed by atoms with E-state index in [4.69, 9.17) is 0 Å². The maximum Gasteiger partial charge on any atom is 0.171 e. The third kappa shape index (κ3) is 1.07. The van der Waals surface area contributed by atoms with Crippen molar-refractivity contribution in [1.82, 2.24) is 0 Å². The normalized spacial score (nSPS) is 17.6. The van der Waals surface area contributed by atoms with E-state index < -0.39 is 0 Å². The molecular weight excluding hydrogens is 224 g/mol. The van der Waals surface area contributed by atoms with Gasteiger partial charge in [-0.2, -0.15) is 0 Å². The number of carbonyl (C=O) groups excluding carboxylic acids is 2. The van der Waals surface area contributed by atoms with Gasteiger partial charge in [0.1, 0.15) is 5.78 Å². The number of allylic oxidation sites excluding steroid dienone is 2. The van der Waals surface area contributed by atoms with Crippen LogP contribution in [-0.4, -0.2) is 11.6 Å². The van der Waals surface area contributed by atoms with E-state index in [1.54, 1.807) is 0 Å². The van der Waals surface area contributed by atoms with Gasteiger partial charge in [-0.3, -0.25) is 9.59 Å². The van der Waals surface area contributed by atoms with Crippen LogP contribution in [0.5, 0.6) is 0 Å². The van der Waals surface area contributed by atoms with Crippen LogP contribution in [0.2, 0.25) is 0 Å². The van der Waals surface area contributed by atoms with E-state index in [9.17, 15) is 9.59 Å². The van der Waals surface area contributed by atoms with Gasteiger partial charge in [-0.15, -0.1) is 0 Å². The Morgan fingerprint density at radius 2 is 1.56 bits per heavy atom. The summed E-state index contributed by atoms with van der Waals surface area (Å²) in [6.07, 6.45) is 0.456. The zero-order valence-corrected chi connectivity index (χ0v) is 9.69. The summed E-state index contributed by atoms with van der Waals surface area (Å²) in [5, 5.41) is 2.27. The van der Waals surface area contributed by atoms with E-state index in [-0.39, 0.29) is 18.0 Å². The van der Waals surface area contributed by atoms with Crippen LogP contribution in [0.25, 0.3) is 21.9 Å². The molecule has 0 bridgehead atoms. The smallest absolute Gasteiger partial charge is 0.171 e. The Labute approximate surface area is 104 Å². The van der Waals surface area contributed by atoms with Crippen molar-refractivity contribution in [2.75, 3.05) is 0 Å². The van der Waals surface area contributed by atoms with Crippen LogP contribution < -0.4 is 0 Å². The van der Waals surface area contributed by atoms with Crippen molar-refractivity contribution < 1.29 is 9.59 Å². The second-order valence-electron chi connectivity index (χ2n) is 4.88. The highest BCUT2D eigenvalue weighted by molar-refractivity contribution is 6.41. The molecule has 2 aromatic rings. The Kier molecular flexibility index (Phi) is 1.72. The van der Waals surface area contributed by atoms with Crippen LogP contribution in [-0.2, 0) is 9.59 Å². The first-order chi connectivity index (χ1) is 8.75. The maximum atomic E-state index is 12.1. The summed E-state index contributed by atoms with van der Waals surface area (Å²) >= 11 is 0. The van der Waals surface area contributed by atoms with E-state index in [0.29, 0.717) is 6.42 Å². The fraction of sp³-hybridized carbons (Fsp3) is 0.125. The highest BCUT2D eigenvalue weighted by atomic mass is 16.1. The SMILES string of the molecule is O=C1CC(=O)C2=C(C1)c1cccc3cccc2c13. The number of carbonyl (C=O) groups is 2. The molecule has 0 saturated heterocycles. The fourth-order valence-corrected chi connectivity index (χ4v) is 3.13. The van der Waals surface area contributed by atoms with Crippen molar-refractivity contribution in [3.05, 3.63) is 47.5 Å². The predicted octanol–water partition coefficient (Wildman–Crippen LogP) is 3.00. The summed E-state index contributed by atoms with van der Waals surface area (Å²) in [7, 11) is 0. The van der Waals surface area contributed by atoms with E-state index in [1.165, 1.54) is 0 Å². The van der Waals surface area contributed by atoms with Crippen LogP contribution in [0.15, 0.2) is 36.4 Å². The second-order valence-corrected chi connectivity index (χ2v) is 4.88. The van der Waals surface area contributed by atoms with Crippen molar-refractivity contribution >= 4 is 33.5 Å². The Bertz CT molecular complexity index is 761. The zero-order chi connectivity index (χ0) is 12.3. The van der Waals surface area contributed by atoms with Gasteiger partial charge in [-0.1, -0.05) is 36.4 Å². The minimum absolute atomic E-state index is 0.0232. The highest BCUT2D eigenvalue weighted by Crippen LogP contribution is 2.46. The van der Waals surface area contributed by atoms with Gasteiger partial charge < -0.3 is 0 Å². The lowest BCUT2D eigenvalue weighted by Gasteiger charge is -2.13. The Morgan fingerprint density at radius 1 is 0.833 bits per heavy atom. The number of rotatable bonds is 0. The van der Waals surface area contributed by atoms with Crippen LogP contribution in [0.1, 0.15) is 24.0 Å². The standard InChI is InChI=1S/C16H10O2/c17-10-7-13-11-5-1-3-9-4-2-6-12(15(9)11)16(13)14(18)8-10/h1-6H,7-8H2. The molecular formula is C16H10O2. The van der Waals surface area contributed by atoms with Gasteiger partial charge in [-0.05, 0) is 27.5 Å². The fourth-order valence-electron chi connectivity index (χ4n) is 3.13. The third-order valence-corrected chi connectivity index (χ3v) is 3.81. The summed E-state index contributed by atoms with van der Waals surface area (Å²) in [5.41, 5.74) is 3.79. The summed E-state index contributed by atoms with van der Waals surface area (Å²) in [6, 6.07) is 12.1. The van der Waals surface area contributed by atoms with Crippen LogP contribution in [0, 0.1) is 0 Å². The third-order valence-electron chi connectivity index (χ3n) is 3.81. The lowest BCUT2D eigenvalue weighted by Crippen LogP contribution is -2.15. The molecule has 18 heavy (non-hydrogen) atoms. The first-order valence-corrected chi connectivity index (χ1v) is 6.06. The number of hydrogen-bond donors (Lipinski definition) is 0. The quantitative estimate of drug-likeness (QED) is 0.657. The molecule has 2 aliphatic carbocycles. The summed E-state index contributed by atoms with van der Waals surface area (Å²) < 4.78 is 0. The van der Waals surface area contributed by atoms with Gasteiger partial charge >= 0.3 is 0 Å². The molecule has 2 heteroatoms. The molecule has 0 atom stereocenters. The average Bonchev–Trinajstić information content (AvgIpc) is 2.67. The van der Waals surface area contributed by atoms with Crippen molar-refractivity contribution in [3.63, 3.8) is 0 Å². The Morgan fingerprint density at radius 3 is 2.33 bits per heavy atom. The monoisotopic (exact) mass is 234 g/mol. The minimum Gasteiger partial charge on any atom is -0.299 e. The molecule has 0 radical (unpaired) electrons. The van der Waals surface area contributed by atoms with Crippen molar-refractivity contribution in [3.8, 4) is 0 Å². The molecule has 0 unspecified atom stereocenters. The van der Waals surface area contributed by atoms with Gasteiger partial charge in [-0.25, -0.2) is 0 Å². The van der Waals surface area contributed by atoms with E-state index in [1.807, 2.05) is 36.4 Å². The summed E-state index contributed by atoms with van der Waals surface area (Å²) in [4.78, 5) is 23.7. The average molecular weight is 234 g/mol. The molecule has 2 aliphatic rings. The van der Waals surface area contributed by atoms with Crippen molar-refractivity contribution in [2.24, 2.45) is 0 Å². The van der Waals surface area contributed by atoms with Gasteiger partial charge in [0, 0.05) is 12.0 Å². The molecule has 2 nitrogen and oxygen atoms in total. The largest absolute Gasteiger partial charge is 0.299 e. The number of fused-ring (bicyclic) bond motifs is 2. The second kappa shape index (κ2) is 3.16. The Balaban J connectivity index is 2.15. The molecule has 0 spiro atoms. The van der Waals surface area contributed by atoms with Crippen LogP contribution in [0.4, 0.5) is 0 Å². The van der Waals surface area contributed by atoms with Crippen molar-refractivity contribution in [2.45, 2.75) is 12.8 Å². The van der Waals surface area contributed by atoms with Gasteiger partial charge in [0.15, 0.2) is 5.78 Å². The minimum atomic E-state index is -0.0232. The Hall–Kier alpha value is -2.22. The lowest BCUT2D eigenvalue weighted by molar-refractivity contribution is -0.124. The number of Topliss-reactive ketones (excluding diaryl/α,β-unsaturated/α-hetero) is 2. The van der Waals surface area contributed by atoms with Crippen molar-refractivity contribution in [1.29, 1.82) is 0 Å². The number of hydrogen-bond acceptors (Lipinski definition) is 2. The molecule has 0 aliphatic heterocycles. The summed E-state index contributed by atoms with van der Waals surface area (Å²) in [5.74, 6) is 0.00788. The molecule has 0 N–H and O–H groups in total. The van der Waals surface area contributed by atoms with E-state index in [0.717, 1.165) is 33.0 Å². The van der Waals surface area contributed by atoms with E-state index in [2.05, 4.69) is 0 Å². The molecule has 4 rings (SSSR count). The lowest BCUT2D eigenvalue weighted by atomic mass is 9.88. The molecule has 0 saturated carbocycles. The first kappa shape index (κ1) is 9.77. The van der Waals surface area contributed by atoms with Gasteiger partial charge in [0.2, 0.25) is 0 Å². The highest BCUT2D eigenvalue weighted by Gasteiger charge is 2.33. The molecule has 86 valence electrons. The van der Waals surface area contributed by atoms with Gasteiger partial charge in [0.25, 0.3) is 0 Å². The van der Waals surface area contributed by atoms with Gasteiger partial charge in [0.05, 0.1) is 6.42 Å². The number of ketones is 2. The molecule has 0 fully saturated rings. The maximum absolute atomic E-state index is 12.1. The zero-order valence-electron chi connectivity index (χ0n) is 9.69. The summed E-state index contributed by atoms with van der Waals surface area (Å²) in [6.45, 7) is 0. The molecule has 0 aromatic heterocycles. The van der Waals surface area contributed by atoms with Crippen LogP contribution in [0.3, 0.4) is 0 Å². The molecule has 0 amide bonds. The molecule has 0 heterocycles. The first-order valence-electron chi connectivity index (χ1n) is 6.06. The topological polar surface area (TPSA) is 34.1 Å². The predicted molar refractivity (Wildman–Crippen MR) is 70.0 cm³/mol. The number of benzene rings is 2.